The lowest BCUT2D eigenvalue weighted by molar-refractivity contribution is -0.386. The van der Waals surface area contributed by atoms with Crippen molar-refractivity contribution in [2.45, 2.75) is 44.4 Å². The summed E-state index contributed by atoms with van der Waals surface area (Å²) < 4.78 is 5.18. The van der Waals surface area contributed by atoms with Gasteiger partial charge in [-0.15, -0.1) is 12.4 Å². The van der Waals surface area contributed by atoms with Crippen molar-refractivity contribution in [3.05, 3.63) is 39.9 Å². The number of nitro groups is 1. The first-order valence-electron chi connectivity index (χ1n) is 7.41. The smallest absolute Gasteiger partial charge is 0.323 e. The lowest BCUT2D eigenvalue weighted by Gasteiger charge is -2.17. The lowest BCUT2D eigenvalue weighted by Crippen LogP contribution is -2.34. The zero-order valence-corrected chi connectivity index (χ0v) is 14.5. The van der Waals surface area contributed by atoms with Crippen LogP contribution < -0.4 is 11.5 Å². The number of carboxylic acids is 1. The van der Waals surface area contributed by atoms with Gasteiger partial charge in [0.2, 0.25) is 0 Å². The number of nitrogens with zero attached hydrogens (tertiary/aromatic N) is 1. The highest BCUT2D eigenvalue weighted by Gasteiger charge is 2.24. The van der Waals surface area contributed by atoms with Crippen LogP contribution in [-0.2, 0) is 14.3 Å². The summed E-state index contributed by atoms with van der Waals surface area (Å²) in [5.74, 6) is -1.82. The third kappa shape index (κ3) is 7.04. The van der Waals surface area contributed by atoms with E-state index in [4.69, 9.17) is 21.3 Å². The molecule has 0 aliphatic carbocycles. The number of para-hydroxylation sites is 1. The minimum absolute atomic E-state index is 0. The largest absolute Gasteiger partial charge is 0.480 e. The van der Waals surface area contributed by atoms with Crippen LogP contribution in [0.25, 0.3) is 0 Å². The number of nitro benzene ring substituents is 1. The molecule has 25 heavy (non-hydrogen) atoms. The molecule has 1 aromatic carbocycles. The van der Waals surface area contributed by atoms with Crippen molar-refractivity contribution >= 4 is 30.0 Å². The number of aliphatic carboxylic acids is 1. The Kier molecular flexibility index (Phi) is 9.65. The van der Waals surface area contributed by atoms with Crippen molar-refractivity contribution in [1.82, 2.24) is 0 Å². The van der Waals surface area contributed by atoms with Gasteiger partial charge >= 0.3 is 11.9 Å². The average molecular weight is 376 g/mol. The van der Waals surface area contributed by atoms with Gasteiger partial charge in [0.1, 0.15) is 18.2 Å². The number of carboxylic acid groups (broad SMARTS) is 1. The van der Waals surface area contributed by atoms with Gasteiger partial charge in [0.25, 0.3) is 5.69 Å². The summed E-state index contributed by atoms with van der Waals surface area (Å²) in [4.78, 5) is 33.0. The Labute approximate surface area is 150 Å². The number of hydrogen-bond donors (Lipinski definition) is 3. The maximum absolute atomic E-state index is 12.0. The van der Waals surface area contributed by atoms with Crippen LogP contribution in [-0.4, -0.2) is 34.1 Å². The average Bonchev–Trinajstić information content (AvgIpc) is 2.54. The number of esters is 1. The number of benzene rings is 1. The molecular weight excluding hydrogens is 354 g/mol. The molecule has 0 saturated heterocycles. The highest BCUT2D eigenvalue weighted by molar-refractivity contribution is 5.85. The maximum Gasteiger partial charge on any atom is 0.323 e. The predicted octanol–water partition coefficient (Wildman–Crippen LogP) is 1.53. The van der Waals surface area contributed by atoms with Crippen molar-refractivity contribution in [3.63, 3.8) is 0 Å². The van der Waals surface area contributed by atoms with Crippen molar-refractivity contribution in [2.24, 2.45) is 11.5 Å². The molecule has 140 valence electrons. The zero-order chi connectivity index (χ0) is 18.3. The second-order valence-corrected chi connectivity index (χ2v) is 5.38. The van der Waals surface area contributed by atoms with Gasteiger partial charge in [-0.2, -0.15) is 0 Å². The molecule has 10 heteroatoms. The number of ether oxygens (including phenoxy) is 1. The van der Waals surface area contributed by atoms with Crippen LogP contribution >= 0.6 is 12.4 Å². The number of rotatable bonds is 9. The Morgan fingerprint density at radius 1 is 1.24 bits per heavy atom. The summed E-state index contributed by atoms with van der Waals surface area (Å²) in [5, 5.41) is 19.7. The van der Waals surface area contributed by atoms with E-state index in [2.05, 4.69) is 0 Å². The predicted molar refractivity (Wildman–Crippen MR) is 92.3 cm³/mol. The van der Waals surface area contributed by atoms with Crippen molar-refractivity contribution in [3.8, 4) is 0 Å². The molecule has 0 saturated carbocycles. The quantitative estimate of drug-likeness (QED) is 0.333. The molecular formula is C15H22ClN3O6. The molecule has 0 heterocycles. The summed E-state index contributed by atoms with van der Waals surface area (Å²) >= 11 is 0. The third-order valence-corrected chi connectivity index (χ3v) is 3.51. The fraction of sp³-hybridized carbons (Fsp3) is 0.467. The molecule has 0 aromatic heterocycles. The van der Waals surface area contributed by atoms with Gasteiger partial charge in [0, 0.05) is 6.07 Å². The van der Waals surface area contributed by atoms with E-state index >= 15 is 0 Å². The fourth-order valence-corrected chi connectivity index (χ4v) is 2.12. The molecule has 0 fully saturated rings. The molecule has 3 unspecified atom stereocenters. The Bertz CT molecular complexity index is 613. The first-order chi connectivity index (χ1) is 11.2. The summed E-state index contributed by atoms with van der Waals surface area (Å²) in [7, 11) is 0. The van der Waals surface area contributed by atoms with Crippen LogP contribution in [0.2, 0.25) is 0 Å². The summed E-state index contributed by atoms with van der Waals surface area (Å²) in [5.41, 5.74) is 11.2. The van der Waals surface area contributed by atoms with E-state index in [0.717, 1.165) is 0 Å². The van der Waals surface area contributed by atoms with E-state index in [1.54, 1.807) is 6.07 Å². The molecule has 0 amide bonds. The van der Waals surface area contributed by atoms with Gasteiger partial charge in [0.05, 0.1) is 10.5 Å². The van der Waals surface area contributed by atoms with E-state index in [0.29, 0.717) is 6.42 Å². The van der Waals surface area contributed by atoms with Gasteiger partial charge < -0.3 is 21.3 Å². The van der Waals surface area contributed by atoms with Gasteiger partial charge in [-0.05, 0) is 32.3 Å². The number of halogens is 1. The topological polar surface area (TPSA) is 159 Å². The van der Waals surface area contributed by atoms with Gasteiger partial charge in [-0.1, -0.05) is 12.1 Å². The van der Waals surface area contributed by atoms with Crippen molar-refractivity contribution in [1.29, 1.82) is 0 Å². The normalized spacial score (nSPS) is 13.9. The Hall–Kier alpha value is -2.23. The van der Waals surface area contributed by atoms with Crippen LogP contribution in [0.15, 0.2) is 24.3 Å². The Balaban J connectivity index is 0.00000576. The minimum Gasteiger partial charge on any atom is -0.480 e. The van der Waals surface area contributed by atoms with Crippen LogP contribution in [0.5, 0.6) is 0 Å². The standard InChI is InChI=1S/C15H21N3O6.ClH/c1-9(10-5-2-3-8-13(10)18(22)23)24-15(21)12(17)7-4-6-11(16)14(19)20;/h2-3,5,8-9,11-12H,4,6-7,16-17H2,1H3,(H,19,20);1H. The second-order valence-electron chi connectivity index (χ2n) is 5.38. The first kappa shape index (κ1) is 22.8. The Morgan fingerprint density at radius 2 is 1.80 bits per heavy atom. The number of nitrogens with two attached hydrogens (primary N) is 2. The van der Waals surface area contributed by atoms with Crippen LogP contribution in [0.1, 0.15) is 37.9 Å². The fourth-order valence-electron chi connectivity index (χ4n) is 2.12. The van der Waals surface area contributed by atoms with Crippen LogP contribution in [0.3, 0.4) is 0 Å². The second kappa shape index (κ2) is 10.6. The Morgan fingerprint density at radius 3 is 2.36 bits per heavy atom. The number of carbonyl (C=O) groups is 2. The first-order valence-corrected chi connectivity index (χ1v) is 7.41. The van der Waals surface area contributed by atoms with Gasteiger partial charge in [0.15, 0.2) is 0 Å². The van der Waals surface area contributed by atoms with Crippen molar-refractivity contribution in [2.75, 3.05) is 0 Å². The number of carbonyl (C=O) groups excluding carboxylic acids is 1. The van der Waals surface area contributed by atoms with Crippen LogP contribution in [0.4, 0.5) is 5.69 Å². The molecule has 5 N–H and O–H groups in total. The number of hydrogen-bond acceptors (Lipinski definition) is 7. The van der Waals surface area contributed by atoms with Gasteiger partial charge in [-0.3, -0.25) is 19.7 Å². The highest BCUT2D eigenvalue weighted by Crippen LogP contribution is 2.27. The summed E-state index contributed by atoms with van der Waals surface area (Å²) in [6.45, 7) is 1.52. The SMILES string of the molecule is CC(OC(=O)C(N)CCCC(N)C(=O)O)c1ccccc1[N+](=O)[O-].Cl. The maximum atomic E-state index is 12.0. The molecule has 0 aliphatic rings. The van der Waals surface area contributed by atoms with E-state index in [-0.39, 0.29) is 36.5 Å². The highest BCUT2D eigenvalue weighted by atomic mass is 35.5. The monoisotopic (exact) mass is 375 g/mol. The summed E-state index contributed by atoms with van der Waals surface area (Å²) in [6, 6.07) is 4.02. The molecule has 0 radical (unpaired) electrons. The third-order valence-electron chi connectivity index (χ3n) is 3.51. The van der Waals surface area contributed by atoms with Crippen molar-refractivity contribution < 1.29 is 24.4 Å². The zero-order valence-electron chi connectivity index (χ0n) is 13.7. The molecule has 1 rings (SSSR count). The van der Waals surface area contributed by atoms with E-state index in [9.17, 15) is 19.7 Å². The summed E-state index contributed by atoms with van der Waals surface area (Å²) in [6.07, 6.45) is -0.0744. The van der Waals surface area contributed by atoms with E-state index in [1.165, 1.54) is 25.1 Å². The lowest BCUT2D eigenvalue weighted by atomic mass is 10.1. The molecule has 9 nitrogen and oxygen atoms in total. The molecule has 0 spiro atoms. The molecule has 3 atom stereocenters. The van der Waals surface area contributed by atoms with Crippen LogP contribution in [0, 0.1) is 10.1 Å². The minimum atomic E-state index is -1.11. The van der Waals surface area contributed by atoms with E-state index in [1.807, 2.05) is 0 Å². The van der Waals surface area contributed by atoms with Gasteiger partial charge in [-0.25, -0.2) is 0 Å². The molecule has 0 aliphatic heterocycles. The molecule has 1 aromatic rings. The van der Waals surface area contributed by atoms with E-state index < -0.39 is 35.0 Å². The molecule has 0 bridgehead atoms.